The summed E-state index contributed by atoms with van der Waals surface area (Å²) in [7, 11) is 3.98. The number of nitrogens with one attached hydrogen (secondary N) is 2. The molecule has 7 nitrogen and oxygen atoms in total. The SMILES string of the molecule is CN(C)c1ccc(CNC(=O)c2cccc(CC(C)(C)NC[C@H](O)c3ccc(O)c(CO)c3)c2)cc1. The minimum absolute atomic E-state index is 0.00731. The van der Waals surface area contributed by atoms with Crippen molar-refractivity contribution in [2.24, 2.45) is 0 Å². The van der Waals surface area contributed by atoms with Gasteiger partial charge in [0.2, 0.25) is 0 Å². The number of aromatic hydroxyl groups is 1. The third kappa shape index (κ3) is 7.55. The first kappa shape index (κ1) is 27.2. The molecule has 3 aromatic rings. The number of hydrogen-bond donors (Lipinski definition) is 5. The molecule has 0 saturated heterocycles. The van der Waals surface area contributed by atoms with Crippen LogP contribution in [0.1, 0.15) is 52.6 Å². The molecule has 1 amide bonds. The maximum Gasteiger partial charge on any atom is 0.251 e. The molecule has 0 fully saturated rings. The predicted molar refractivity (Wildman–Crippen MR) is 143 cm³/mol. The Morgan fingerprint density at radius 1 is 1.00 bits per heavy atom. The number of anilines is 1. The number of carbonyl (C=O) groups excluding carboxylic acids is 1. The van der Waals surface area contributed by atoms with Gasteiger partial charge in [0.15, 0.2) is 0 Å². The number of phenols is 1. The average Bonchev–Trinajstić information content (AvgIpc) is 2.86. The summed E-state index contributed by atoms with van der Waals surface area (Å²) >= 11 is 0. The number of nitrogens with zero attached hydrogens (tertiary/aromatic N) is 1. The van der Waals surface area contributed by atoms with Crippen molar-refractivity contribution < 1.29 is 20.1 Å². The van der Waals surface area contributed by atoms with Crippen molar-refractivity contribution in [1.29, 1.82) is 0 Å². The smallest absolute Gasteiger partial charge is 0.251 e. The summed E-state index contributed by atoms with van der Waals surface area (Å²) in [5.41, 5.74) is 4.42. The van der Waals surface area contributed by atoms with Crippen LogP contribution >= 0.6 is 0 Å². The van der Waals surface area contributed by atoms with Gasteiger partial charge >= 0.3 is 0 Å². The Morgan fingerprint density at radius 2 is 1.72 bits per heavy atom. The summed E-state index contributed by atoms with van der Waals surface area (Å²) in [4.78, 5) is 14.8. The molecule has 0 aromatic heterocycles. The molecule has 0 aliphatic rings. The van der Waals surface area contributed by atoms with E-state index in [2.05, 4.69) is 10.6 Å². The number of aliphatic hydroxyl groups excluding tert-OH is 2. The first-order chi connectivity index (χ1) is 17.1. The van der Waals surface area contributed by atoms with Crippen molar-refractivity contribution in [3.63, 3.8) is 0 Å². The Kier molecular flexibility index (Phi) is 9.09. The summed E-state index contributed by atoms with van der Waals surface area (Å²) in [5, 5.41) is 36.0. The number of benzene rings is 3. The zero-order valence-electron chi connectivity index (χ0n) is 21.5. The molecule has 5 N–H and O–H groups in total. The molecule has 1 atom stereocenters. The van der Waals surface area contributed by atoms with E-state index in [-0.39, 0.29) is 23.8 Å². The number of β-amino-alcohol motifs (C(OH)–C–C–N with tert-alkyl or cyclic N) is 1. The van der Waals surface area contributed by atoms with E-state index in [9.17, 15) is 20.1 Å². The van der Waals surface area contributed by atoms with Gasteiger partial charge in [-0.2, -0.15) is 0 Å². The zero-order valence-corrected chi connectivity index (χ0v) is 21.5. The van der Waals surface area contributed by atoms with Crippen LogP contribution in [0.15, 0.2) is 66.7 Å². The van der Waals surface area contributed by atoms with E-state index in [4.69, 9.17) is 0 Å². The largest absolute Gasteiger partial charge is 0.508 e. The van der Waals surface area contributed by atoms with Crippen LogP contribution in [0.3, 0.4) is 0 Å². The molecule has 0 saturated carbocycles. The van der Waals surface area contributed by atoms with Crippen molar-refractivity contribution in [2.45, 2.75) is 45.1 Å². The summed E-state index contributed by atoms with van der Waals surface area (Å²) in [5.74, 6) is -0.116. The third-order valence-corrected chi connectivity index (χ3v) is 6.17. The topological polar surface area (TPSA) is 105 Å². The lowest BCUT2D eigenvalue weighted by atomic mass is 9.93. The minimum Gasteiger partial charge on any atom is -0.508 e. The highest BCUT2D eigenvalue weighted by atomic mass is 16.3. The Labute approximate surface area is 213 Å². The molecule has 7 heteroatoms. The molecular formula is C29H37N3O4. The number of carbonyl (C=O) groups is 1. The number of amides is 1. The molecule has 0 bridgehead atoms. The van der Waals surface area contributed by atoms with Gasteiger partial charge in [-0.15, -0.1) is 0 Å². The molecule has 0 spiro atoms. The lowest BCUT2D eigenvalue weighted by molar-refractivity contribution is 0.0950. The number of rotatable bonds is 11. The lowest BCUT2D eigenvalue weighted by Crippen LogP contribution is -2.43. The molecule has 192 valence electrons. The van der Waals surface area contributed by atoms with Crippen molar-refractivity contribution in [3.05, 3.63) is 94.5 Å². The molecular weight excluding hydrogens is 454 g/mol. The molecule has 0 heterocycles. The Morgan fingerprint density at radius 3 is 2.39 bits per heavy atom. The standard InChI is InChI=1S/C29H37N3O4/c1-29(2,31-18-27(35)22-10-13-26(34)24(15-22)19-33)16-21-6-5-7-23(14-21)28(36)30-17-20-8-11-25(12-9-20)32(3)4/h5-15,27,31,33-35H,16-19H2,1-4H3,(H,30,36)/t27-/m0/s1. The van der Waals surface area contributed by atoms with Crippen LogP contribution in [-0.2, 0) is 19.6 Å². The monoisotopic (exact) mass is 491 g/mol. The molecule has 36 heavy (non-hydrogen) atoms. The quantitative estimate of drug-likeness (QED) is 0.281. The molecule has 3 rings (SSSR count). The summed E-state index contributed by atoms with van der Waals surface area (Å²) < 4.78 is 0. The highest BCUT2D eigenvalue weighted by Crippen LogP contribution is 2.23. The number of aliphatic hydroxyl groups is 2. The van der Waals surface area contributed by atoms with Gasteiger partial charge in [0.25, 0.3) is 5.91 Å². The van der Waals surface area contributed by atoms with E-state index in [0.717, 1.165) is 16.8 Å². The fraction of sp³-hybridized carbons (Fsp3) is 0.345. The molecule has 0 unspecified atom stereocenters. The zero-order chi connectivity index (χ0) is 26.3. The first-order valence-corrected chi connectivity index (χ1v) is 12.1. The van der Waals surface area contributed by atoms with Gasteiger partial charge < -0.3 is 30.9 Å². The van der Waals surface area contributed by atoms with Gasteiger partial charge in [0.1, 0.15) is 5.75 Å². The fourth-order valence-corrected chi connectivity index (χ4v) is 4.02. The van der Waals surface area contributed by atoms with Gasteiger partial charge in [-0.3, -0.25) is 4.79 Å². The molecule has 0 aliphatic heterocycles. The summed E-state index contributed by atoms with van der Waals surface area (Å²) in [6.45, 7) is 4.55. The normalized spacial score (nSPS) is 12.3. The van der Waals surface area contributed by atoms with Crippen molar-refractivity contribution in [2.75, 3.05) is 25.5 Å². The Bertz CT molecular complexity index is 1160. The predicted octanol–water partition coefficient (Wildman–Crippen LogP) is 3.52. The van der Waals surface area contributed by atoms with Crippen molar-refractivity contribution in [1.82, 2.24) is 10.6 Å². The average molecular weight is 492 g/mol. The van der Waals surface area contributed by atoms with Gasteiger partial charge in [-0.05, 0) is 73.4 Å². The maximum atomic E-state index is 12.8. The van der Waals surface area contributed by atoms with E-state index in [1.165, 1.54) is 6.07 Å². The molecule has 3 aromatic carbocycles. The second kappa shape index (κ2) is 12.0. The second-order valence-corrected chi connectivity index (χ2v) is 9.95. The van der Waals surface area contributed by atoms with Crippen LogP contribution in [0.4, 0.5) is 5.69 Å². The lowest BCUT2D eigenvalue weighted by Gasteiger charge is -2.28. The van der Waals surface area contributed by atoms with Crippen LogP contribution in [-0.4, -0.2) is 47.4 Å². The van der Waals surface area contributed by atoms with E-state index < -0.39 is 6.10 Å². The van der Waals surface area contributed by atoms with Crippen molar-refractivity contribution >= 4 is 11.6 Å². The van der Waals surface area contributed by atoms with E-state index in [1.807, 2.05) is 81.4 Å². The van der Waals surface area contributed by atoms with Gasteiger partial charge in [0.05, 0.1) is 12.7 Å². The number of hydrogen-bond acceptors (Lipinski definition) is 6. The van der Waals surface area contributed by atoms with E-state index in [1.54, 1.807) is 12.1 Å². The van der Waals surface area contributed by atoms with Gasteiger partial charge in [0, 0.05) is 49.5 Å². The third-order valence-electron chi connectivity index (χ3n) is 6.17. The van der Waals surface area contributed by atoms with Crippen LogP contribution in [0.5, 0.6) is 5.75 Å². The Balaban J connectivity index is 1.56. The highest BCUT2D eigenvalue weighted by molar-refractivity contribution is 5.94. The maximum absolute atomic E-state index is 12.8. The highest BCUT2D eigenvalue weighted by Gasteiger charge is 2.21. The minimum atomic E-state index is -0.793. The van der Waals surface area contributed by atoms with Gasteiger partial charge in [-0.25, -0.2) is 0 Å². The van der Waals surface area contributed by atoms with Crippen LogP contribution in [0, 0.1) is 0 Å². The van der Waals surface area contributed by atoms with E-state index >= 15 is 0 Å². The van der Waals surface area contributed by atoms with Crippen LogP contribution in [0.2, 0.25) is 0 Å². The second-order valence-electron chi connectivity index (χ2n) is 9.95. The molecule has 0 radical (unpaired) electrons. The molecule has 0 aliphatic carbocycles. The van der Waals surface area contributed by atoms with Crippen molar-refractivity contribution in [3.8, 4) is 5.75 Å². The van der Waals surface area contributed by atoms with Crippen LogP contribution < -0.4 is 15.5 Å². The fourth-order valence-electron chi connectivity index (χ4n) is 4.02. The van der Waals surface area contributed by atoms with Crippen LogP contribution in [0.25, 0.3) is 0 Å². The summed E-state index contributed by atoms with van der Waals surface area (Å²) in [6.07, 6.45) is -0.135. The van der Waals surface area contributed by atoms with Gasteiger partial charge in [-0.1, -0.05) is 30.3 Å². The summed E-state index contributed by atoms with van der Waals surface area (Å²) in [6, 6.07) is 20.4. The first-order valence-electron chi connectivity index (χ1n) is 12.1. The van der Waals surface area contributed by atoms with E-state index in [0.29, 0.717) is 36.2 Å². The Hall–Kier alpha value is -3.39.